The van der Waals surface area contributed by atoms with Crippen molar-refractivity contribution in [3.8, 4) is 11.5 Å². The molecule has 1 aliphatic heterocycles. The van der Waals surface area contributed by atoms with Crippen molar-refractivity contribution in [2.75, 3.05) is 31.6 Å². The topological polar surface area (TPSA) is 67.9 Å². The molecule has 1 aliphatic rings. The minimum absolute atomic E-state index is 0.164. The Hall–Kier alpha value is -2.86. The van der Waals surface area contributed by atoms with Gasteiger partial charge >= 0.3 is 0 Å². The molecule has 0 radical (unpaired) electrons. The second-order valence-electron chi connectivity index (χ2n) is 5.66. The SMILES string of the molecule is O=C(CC(=O)N1CCOCC1)Nc1ccc(Oc2ccccc2)cc1. The third-order valence-corrected chi connectivity index (χ3v) is 3.79. The Morgan fingerprint density at radius 1 is 0.960 bits per heavy atom. The van der Waals surface area contributed by atoms with Gasteiger partial charge in [0.1, 0.15) is 17.9 Å². The fraction of sp³-hybridized carbons (Fsp3) is 0.263. The lowest BCUT2D eigenvalue weighted by atomic mass is 10.2. The number of ether oxygens (including phenoxy) is 2. The van der Waals surface area contributed by atoms with Gasteiger partial charge in [-0.25, -0.2) is 0 Å². The maximum absolute atomic E-state index is 12.0. The standard InChI is InChI=1S/C19H20N2O4/c22-18(14-19(23)21-10-12-24-13-11-21)20-15-6-8-17(9-7-15)25-16-4-2-1-3-5-16/h1-9H,10-14H2,(H,20,22). The van der Waals surface area contributed by atoms with E-state index in [1.807, 2.05) is 30.3 Å². The zero-order chi connectivity index (χ0) is 17.5. The van der Waals surface area contributed by atoms with E-state index in [4.69, 9.17) is 9.47 Å². The van der Waals surface area contributed by atoms with E-state index < -0.39 is 0 Å². The normalized spacial score (nSPS) is 14.0. The Kier molecular flexibility index (Phi) is 5.64. The fourth-order valence-electron chi connectivity index (χ4n) is 2.50. The third-order valence-electron chi connectivity index (χ3n) is 3.79. The van der Waals surface area contributed by atoms with Crippen LogP contribution in [0.2, 0.25) is 0 Å². The summed E-state index contributed by atoms with van der Waals surface area (Å²) < 4.78 is 10.9. The summed E-state index contributed by atoms with van der Waals surface area (Å²) in [6, 6.07) is 16.5. The molecule has 130 valence electrons. The van der Waals surface area contributed by atoms with Gasteiger partial charge in [0, 0.05) is 18.8 Å². The van der Waals surface area contributed by atoms with Crippen LogP contribution in [-0.2, 0) is 14.3 Å². The summed E-state index contributed by atoms with van der Waals surface area (Å²) in [4.78, 5) is 25.7. The lowest BCUT2D eigenvalue weighted by molar-refractivity contribution is -0.138. The maximum atomic E-state index is 12.0. The van der Waals surface area contributed by atoms with E-state index in [1.165, 1.54) is 0 Å². The molecule has 0 atom stereocenters. The highest BCUT2D eigenvalue weighted by molar-refractivity contribution is 6.03. The van der Waals surface area contributed by atoms with Gasteiger partial charge in [-0.1, -0.05) is 18.2 Å². The highest BCUT2D eigenvalue weighted by atomic mass is 16.5. The molecule has 3 rings (SSSR count). The molecule has 2 aromatic carbocycles. The number of hydrogen-bond acceptors (Lipinski definition) is 4. The second-order valence-corrected chi connectivity index (χ2v) is 5.66. The zero-order valence-electron chi connectivity index (χ0n) is 13.8. The quantitative estimate of drug-likeness (QED) is 0.850. The molecule has 0 aromatic heterocycles. The molecular formula is C19H20N2O4. The van der Waals surface area contributed by atoms with E-state index in [2.05, 4.69) is 5.32 Å². The molecule has 1 heterocycles. The average Bonchev–Trinajstić information content (AvgIpc) is 2.65. The van der Waals surface area contributed by atoms with Crippen LogP contribution in [0.5, 0.6) is 11.5 Å². The first kappa shape index (κ1) is 17.0. The number of carbonyl (C=O) groups is 2. The monoisotopic (exact) mass is 340 g/mol. The molecule has 1 fully saturated rings. The number of anilines is 1. The molecule has 2 aromatic rings. The minimum atomic E-state index is -0.326. The number of amides is 2. The molecule has 0 aliphatic carbocycles. The number of nitrogens with one attached hydrogen (secondary N) is 1. The first-order valence-corrected chi connectivity index (χ1v) is 8.19. The van der Waals surface area contributed by atoms with Crippen LogP contribution in [0.15, 0.2) is 54.6 Å². The van der Waals surface area contributed by atoms with Crippen molar-refractivity contribution in [2.45, 2.75) is 6.42 Å². The second kappa shape index (κ2) is 8.30. The van der Waals surface area contributed by atoms with Crippen LogP contribution in [0.3, 0.4) is 0 Å². The molecule has 0 bridgehead atoms. The number of carbonyl (C=O) groups excluding carboxylic acids is 2. The van der Waals surface area contributed by atoms with Gasteiger partial charge in [-0.05, 0) is 36.4 Å². The first-order chi connectivity index (χ1) is 12.2. The van der Waals surface area contributed by atoms with E-state index >= 15 is 0 Å². The molecule has 0 spiro atoms. The van der Waals surface area contributed by atoms with Gasteiger partial charge < -0.3 is 19.7 Å². The summed E-state index contributed by atoms with van der Waals surface area (Å²) in [5.41, 5.74) is 0.625. The Balaban J connectivity index is 1.50. The Labute approximate surface area is 146 Å². The highest BCUT2D eigenvalue weighted by Crippen LogP contribution is 2.22. The van der Waals surface area contributed by atoms with Crippen molar-refractivity contribution >= 4 is 17.5 Å². The number of nitrogens with zero attached hydrogens (tertiary/aromatic N) is 1. The van der Waals surface area contributed by atoms with Gasteiger partial charge in [0.15, 0.2) is 0 Å². The highest BCUT2D eigenvalue weighted by Gasteiger charge is 2.19. The van der Waals surface area contributed by atoms with Crippen molar-refractivity contribution < 1.29 is 19.1 Å². The Morgan fingerprint density at radius 3 is 2.28 bits per heavy atom. The van der Waals surface area contributed by atoms with Crippen molar-refractivity contribution in [1.29, 1.82) is 0 Å². The molecule has 0 unspecified atom stereocenters. The third kappa shape index (κ3) is 5.06. The minimum Gasteiger partial charge on any atom is -0.457 e. The van der Waals surface area contributed by atoms with E-state index in [-0.39, 0.29) is 18.2 Å². The molecule has 0 saturated carbocycles. The molecule has 2 amide bonds. The van der Waals surface area contributed by atoms with Crippen LogP contribution in [0.25, 0.3) is 0 Å². The summed E-state index contributed by atoms with van der Waals surface area (Å²) in [5, 5.41) is 2.73. The summed E-state index contributed by atoms with van der Waals surface area (Å²) in [5.74, 6) is 0.919. The van der Waals surface area contributed by atoms with Crippen LogP contribution in [0.4, 0.5) is 5.69 Å². The Morgan fingerprint density at radius 2 is 1.60 bits per heavy atom. The predicted octanol–water partition coefficient (Wildman–Crippen LogP) is 2.67. The van der Waals surface area contributed by atoms with Gasteiger partial charge in [0.25, 0.3) is 0 Å². The van der Waals surface area contributed by atoms with Crippen LogP contribution >= 0.6 is 0 Å². The lowest BCUT2D eigenvalue weighted by Gasteiger charge is -2.26. The smallest absolute Gasteiger partial charge is 0.233 e. The summed E-state index contributed by atoms with van der Waals surface area (Å²) >= 11 is 0. The molecule has 1 saturated heterocycles. The first-order valence-electron chi connectivity index (χ1n) is 8.19. The summed E-state index contributed by atoms with van der Waals surface area (Å²) in [7, 11) is 0. The van der Waals surface area contributed by atoms with Gasteiger partial charge in [-0.2, -0.15) is 0 Å². The van der Waals surface area contributed by atoms with Crippen molar-refractivity contribution in [3.05, 3.63) is 54.6 Å². The van der Waals surface area contributed by atoms with Crippen molar-refractivity contribution in [1.82, 2.24) is 4.90 Å². The lowest BCUT2D eigenvalue weighted by Crippen LogP contribution is -2.41. The van der Waals surface area contributed by atoms with Gasteiger partial charge in [0.2, 0.25) is 11.8 Å². The molecule has 6 nitrogen and oxygen atoms in total. The van der Waals surface area contributed by atoms with Crippen molar-refractivity contribution in [2.24, 2.45) is 0 Å². The fourth-order valence-corrected chi connectivity index (χ4v) is 2.50. The van der Waals surface area contributed by atoms with E-state index in [9.17, 15) is 9.59 Å². The number of morpholine rings is 1. The van der Waals surface area contributed by atoms with Gasteiger partial charge in [-0.3, -0.25) is 9.59 Å². The molecule has 6 heteroatoms. The number of rotatable bonds is 5. The molecular weight excluding hydrogens is 320 g/mol. The number of hydrogen-bond donors (Lipinski definition) is 1. The summed E-state index contributed by atoms with van der Waals surface area (Å²) in [6.07, 6.45) is -0.164. The largest absolute Gasteiger partial charge is 0.457 e. The van der Waals surface area contributed by atoms with Crippen LogP contribution in [0.1, 0.15) is 6.42 Å². The van der Waals surface area contributed by atoms with E-state index in [0.717, 1.165) is 5.75 Å². The summed E-state index contributed by atoms with van der Waals surface area (Å²) in [6.45, 7) is 2.13. The van der Waals surface area contributed by atoms with Crippen LogP contribution < -0.4 is 10.1 Å². The average molecular weight is 340 g/mol. The molecule has 25 heavy (non-hydrogen) atoms. The maximum Gasteiger partial charge on any atom is 0.233 e. The van der Waals surface area contributed by atoms with Gasteiger partial charge in [-0.15, -0.1) is 0 Å². The van der Waals surface area contributed by atoms with Crippen molar-refractivity contribution in [3.63, 3.8) is 0 Å². The molecule has 1 N–H and O–H groups in total. The van der Waals surface area contributed by atoms with Crippen LogP contribution in [0, 0.1) is 0 Å². The van der Waals surface area contributed by atoms with Gasteiger partial charge in [0.05, 0.1) is 13.2 Å². The Bertz CT molecular complexity index is 710. The predicted molar refractivity (Wildman–Crippen MR) is 93.6 cm³/mol. The number of para-hydroxylation sites is 1. The van der Waals surface area contributed by atoms with Crippen LogP contribution in [-0.4, -0.2) is 43.0 Å². The zero-order valence-corrected chi connectivity index (χ0v) is 13.8. The van der Waals surface area contributed by atoms with E-state index in [1.54, 1.807) is 29.2 Å². The number of benzene rings is 2. The van der Waals surface area contributed by atoms with E-state index in [0.29, 0.717) is 37.7 Å².